The summed E-state index contributed by atoms with van der Waals surface area (Å²) in [6.07, 6.45) is 7.39. The lowest BCUT2D eigenvalue weighted by molar-refractivity contribution is -0.108. The summed E-state index contributed by atoms with van der Waals surface area (Å²) in [5.74, 6) is 0.547. The van der Waals surface area contributed by atoms with Gasteiger partial charge in [0.1, 0.15) is 6.29 Å². The van der Waals surface area contributed by atoms with Crippen LogP contribution in [-0.4, -0.2) is 21.2 Å². The summed E-state index contributed by atoms with van der Waals surface area (Å²) < 4.78 is 6.24. The summed E-state index contributed by atoms with van der Waals surface area (Å²) in [6, 6.07) is 0. The molecule has 0 radical (unpaired) electrons. The molecule has 0 aromatic carbocycles. The molecule has 1 aliphatic carbocycles. The number of rotatable bonds is 5. The fourth-order valence-corrected chi connectivity index (χ4v) is 3.00. The van der Waals surface area contributed by atoms with E-state index in [1.165, 1.54) is 5.57 Å². The Morgan fingerprint density at radius 3 is 2.67 bits per heavy atom. The van der Waals surface area contributed by atoms with Crippen LogP contribution in [-0.2, 0) is 9.22 Å². The number of hydrogen-bond acceptors (Lipinski definition) is 2. The Kier molecular flexibility index (Phi) is 5.35. The van der Waals surface area contributed by atoms with Gasteiger partial charge in [0.25, 0.3) is 0 Å². The van der Waals surface area contributed by atoms with E-state index in [-0.39, 0.29) is 5.04 Å². The lowest BCUT2D eigenvalue weighted by atomic mass is 9.87. The highest BCUT2D eigenvalue weighted by atomic mass is 28.4. The maximum absolute atomic E-state index is 10.6. The summed E-state index contributed by atoms with van der Waals surface area (Å²) in [7, 11) is -1.64. The van der Waals surface area contributed by atoms with E-state index in [9.17, 15) is 4.79 Å². The van der Waals surface area contributed by atoms with E-state index in [4.69, 9.17) is 4.43 Å². The quantitative estimate of drug-likeness (QED) is 0.421. The van der Waals surface area contributed by atoms with Gasteiger partial charge in [0.15, 0.2) is 8.32 Å². The third-order valence-electron chi connectivity index (χ3n) is 4.41. The van der Waals surface area contributed by atoms with E-state index in [2.05, 4.69) is 39.9 Å². The van der Waals surface area contributed by atoms with Gasteiger partial charge in [-0.25, -0.2) is 0 Å². The van der Waals surface area contributed by atoms with E-state index in [1.54, 1.807) is 0 Å². The minimum absolute atomic E-state index is 0.268. The molecule has 3 heteroatoms. The van der Waals surface area contributed by atoms with Crippen LogP contribution in [0.3, 0.4) is 0 Å². The first kappa shape index (κ1) is 15.6. The minimum atomic E-state index is -1.64. The molecule has 0 aromatic heterocycles. The molecule has 0 bridgehead atoms. The highest BCUT2D eigenvalue weighted by molar-refractivity contribution is 6.74. The summed E-state index contributed by atoms with van der Waals surface area (Å²) in [5, 5.41) is 0.268. The predicted molar refractivity (Wildman–Crippen MR) is 79.3 cm³/mol. The normalized spacial score (nSPS) is 21.6. The molecule has 0 aromatic rings. The molecular formula is C15H28O2Si. The van der Waals surface area contributed by atoms with Crippen LogP contribution in [0.1, 0.15) is 46.5 Å². The first-order valence-electron chi connectivity index (χ1n) is 7.02. The molecular weight excluding hydrogens is 240 g/mol. The van der Waals surface area contributed by atoms with Gasteiger partial charge < -0.3 is 9.22 Å². The second-order valence-electron chi connectivity index (χ2n) is 6.96. The number of hydrogen-bond donors (Lipinski definition) is 0. The van der Waals surface area contributed by atoms with Crippen LogP contribution in [0, 0.1) is 5.92 Å². The summed E-state index contributed by atoms with van der Waals surface area (Å²) in [5.41, 5.74) is 1.40. The van der Waals surface area contributed by atoms with Crippen molar-refractivity contribution in [3.8, 4) is 0 Å². The molecule has 0 spiro atoms. The van der Waals surface area contributed by atoms with Crippen molar-refractivity contribution >= 4 is 14.6 Å². The maximum atomic E-state index is 10.6. The van der Waals surface area contributed by atoms with Crippen molar-refractivity contribution in [1.29, 1.82) is 0 Å². The van der Waals surface area contributed by atoms with Gasteiger partial charge in [0, 0.05) is 6.42 Å². The largest absolute Gasteiger partial charge is 0.413 e. The highest BCUT2D eigenvalue weighted by Gasteiger charge is 2.37. The molecule has 1 aliphatic rings. The second kappa shape index (κ2) is 6.16. The van der Waals surface area contributed by atoms with E-state index in [0.717, 1.165) is 32.2 Å². The number of allylic oxidation sites excluding steroid dienone is 1. The van der Waals surface area contributed by atoms with Gasteiger partial charge in [0.05, 0.1) is 6.61 Å². The number of aldehydes is 1. The van der Waals surface area contributed by atoms with Crippen molar-refractivity contribution in [2.45, 2.75) is 64.6 Å². The van der Waals surface area contributed by atoms with Gasteiger partial charge in [-0.3, -0.25) is 0 Å². The number of carbonyl (C=O) groups is 1. The van der Waals surface area contributed by atoms with Gasteiger partial charge in [-0.1, -0.05) is 26.8 Å². The zero-order valence-electron chi connectivity index (χ0n) is 12.6. The second-order valence-corrected chi connectivity index (χ2v) is 11.8. The Labute approximate surface area is 113 Å². The van der Waals surface area contributed by atoms with Gasteiger partial charge >= 0.3 is 0 Å². The van der Waals surface area contributed by atoms with Crippen LogP contribution in [0.2, 0.25) is 18.1 Å². The summed E-state index contributed by atoms with van der Waals surface area (Å²) in [4.78, 5) is 10.6. The maximum Gasteiger partial charge on any atom is 0.192 e. The molecule has 1 unspecified atom stereocenters. The van der Waals surface area contributed by atoms with Gasteiger partial charge in [-0.2, -0.15) is 0 Å². The minimum Gasteiger partial charge on any atom is -0.413 e. The van der Waals surface area contributed by atoms with Crippen molar-refractivity contribution < 1.29 is 9.22 Å². The average Bonchev–Trinajstić information content (AvgIpc) is 2.26. The average molecular weight is 268 g/mol. The smallest absolute Gasteiger partial charge is 0.192 e. The SMILES string of the molecule is CC(C)(C)[Si](C)(C)OCC1=CCCC(CC=O)C1. The van der Waals surface area contributed by atoms with E-state index in [1.807, 2.05) is 0 Å². The topological polar surface area (TPSA) is 26.3 Å². The van der Waals surface area contributed by atoms with E-state index < -0.39 is 8.32 Å². The molecule has 0 N–H and O–H groups in total. The van der Waals surface area contributed by atoms with Crippen molar-refractivity contribution in [2.24, 2.45) is 5.92 Å². The van der Waals surface area contributed by atoms with Crippen LogP contribution in [0.4, 0.5) is 0 Å². The van der Waals surface area contributed by atoms with Gasteiger partial charge in [-0.15, -0.1) is 0 Å². The third kappa shape index (κ3) is 4.36. The summed E-state index contributed by atoms with van der Waals surface area (Å²) in [6.45, 7) is 12.2. The first-order valence-corrected chi connectivity index (χ1v) is 9.92. The van der Waals surface area contributed by atoms with E-state index in [0.29, 0.717) is 12.3 Å². The molecule has 0 aliphatic heterocycles. The van der Waals surface area contributed by atoms with Gasteiger partial charge in [-0.05, 0) is 48.9 Å². The molecule has 2 nitrogen and oxygen atoms in total. The van der Waals surface area contributed by atoms with Crippen molar-refractivity contribution in [3.05, 3.63) is 11.6 Å². The van der Waals surface area contributed by atoms with Crippen molar-refractivity contribution in [1.82, 2.24) is 0 Å². The standard InChI is InChI=1S/C15H28O2Si/c1-15(2,3)18(4,5)17-12-14-8-6-7-13(11-14)9-10-16/h8,10,13H,6-7,9,11-12H2,1-5H3. The zero-order chi connectivity index (χ0) is 13.8. The van der Waals surface area contributed by atoms with Crippen LogP contribution < -0.4 is 0 Å². The van der Waals surface area contributed by atoms with Crippen LogP contribution in [0.25, 0.3) is 0 Å². The van der Waals surface area contributed by atoms with Crippen LogP contribution >= 0.6 is 0 Å². The summed E-state index contributed by atoms with van der Waals surface area (Å²) >= 11 is 0. The molecule has 0 amide bonds. The van der Waals surface area contributed by atoms with Gasteiger partial charge in [0.2, 0.25) is 0 Å². The fraction of sp³-hybridized carbons (Fsp3) is 0.800. The molecule has 1 atom stereocenters. The van der Waals surface area contributed by atoms with Crippen molar-refractivity contribution in [2.75, 3.05) is 6.61 Å². The lowest BCUT2D eigenvalue weighted by Gasteiger charge is -2.37. The zero-order valence-corrected chi connectivity index (χ0v) is 13.6. The monoisotopic (exact) mass is 268 g/mol. The Balaban J connectivity index is 2.49. The van der Waals surface area contributed by atoms with Crippen molar-refractivity contribution in [3.63, 3.8) is 0 Å². The molecule has 0 saturated carbocycles. The molecule has 1 rings (SSSR count). The Morgan fingerprint density at radius 1 is 1.44 bits per heavy atom. The third-order valence-corrected chi connectivity index (χ3v) is 8.89. The van der Waals surface area contributed by atoms with Crippen LogP contribution in [0.5, 0.6) is 0 Å². The lowest BCUT2D eigenvalue weighted by Crippen LogP contribution is -2.41. The predicted octanol–water partition coefficient (Wildman–Crippen LogP) is 4.32. The van der Waals surface area contributed by atoms with Crippen LogP contribution in [0.15, 0.2) is 11.6 Å². The molecule has 104 valence electrons. The number of carbonyl (C=O) groups excluding carboxylic acids is 1. The molecule has 0 fully saturated rings. The van der Waals surface area contributed by atoms with E-state index >= 15 is 0 Å². The highest BCUT2D eigenvalue weighted by Crippen LogP contribution is 2.37. The molecule has 0 heterocycles. The Bertz CT molecular complexity index is 313. The first-order chi connectivity index (χ1) is 8.26. The Morgan fingerprint density at radius 2 is 2.11 bits per heavy atom. The molecule has 0 saturated heterocycles. The Hall–Kier alpha value is -0.413. The fourth-order valence-electron chi connectivity index (χ4n) is 2.02. The molecule has 18 heavy (non-hydrogen) atoms.